The standard InChI is InChI=1S/C13H12O2S2/c14-17(15)13(16,11-7-3-1-4-8-11)12-9-5-2-6-10-12/h1-10,16H,(H,14,15). The van der Waals surface area contributed by atoms with Gasteiger partial charge in [0.15, 0.2) is 15.2 Å². The molecule has 2 rings (SSSR count). The Balaban J connectivity index is 2.59. The van der Waals surface area contributed by atoms with Crippen LogP contribution in [0.1, 0.15) is 11.1 Å². The van der Waals surface area contributed by atoms with E-state index in [0.29, 0.717) is 11.1 Å². The maximum absolute atomic E-state index is 11.7. The first kappa shape index (κ1) is 12.4. The smallest absolute Gasteiger partial charge is 0.178 e. The molecule has 17 heavy (non-hydrogen) atoms. The van der Waals surface area contributed by atoms with Crippen LogP contribution in [-0.2, 0) is 15.2 Å². The summed E-state index contributed by atoms with van der Waals surface area (Å²) in [5.41, 5.74) is 1.41. The van der Waals surface area contributed by atoms with E-state index in [-0.39, 0.29) is 0 Å². The molecule has 0 fully saturated rings. The third-order valence-electron chi connectivity index (χ3n) is 2.58. The number of hydrogen-bond donors (Lipinski definition) is 2. The van der Waals surface area contributed by atoms with Gasteiger partial charge in [0.2, 0.25) is 0 Å². The maximum Gasteiger partial charge on any atom is 0.178 e. The third-order valence-corrected chi connectivity index (χ3v) is 4.54. The Morgan fingerprint density at radius 2 is 1.24 bits per heavy atom. The fourth-order valence-corrected chi connectivity index (χ4v) is 2.67. The second-order valence-electron chi connectivity index (χ2n) is 3.63. The van der Waals surface area contributed by atoms with Crippen LogP contribution in [0.5, 0.6) is 0 Å². The highest BCUT2D eigenvalue weighted by molar-refractivity contribution is 7.99. The van der Waals surface area contributed by atoms with Crippen LogP contribution in [-0.4, -0.2) is 8.76 Å². The van der Waals surface area contributed by atoms with Crippen molar-refractivity contribution in [1.29, 1.82) is 0 Å². The highest BCUT2D eigenvalue weighted by atomic mass is 32.2. The molecule has 1 unspecified atom stereocenters. The quantitative estimate of drug-likeness (QED) is 0.660. The Kier molecular flexibility index (Phi) is 3.66. The second kappa shape index (κ2) is 5.04. The highest BCUT2D eigenvalue weighted by Crippen LogP contribution is 2.38. The van der Waals surface area contributed by atoms with Crippen LogP contribution in [0.3, 0.4) is 0 Å². The van der Waals surface area contributed by atoms with Gasteiger partial charge in [0.05, 0.1) is 0 Å². The predicted octanol–water partition coefficient (Wildman–Crippen LogP) is 3.04. The van der Waals surface area contributed by atoms with Crippen LogP contribution in [0.4, 0.5) is 0 Å². The molecule has 0 bridgehead atoms. The summed E-state index contributed by atoms with van der Waals surface area (Å²) in [6, 6.07) is 18.2. The van der Waals surface area contributed by atoms with Crippen molar-refractivity contribution in [2.24, 2.45) is 0 Å². The van der Waals surface area contributed by atoms with Crippen molar-refractivity contribution in [2.75, 3.05) is 0 Å². The van der Waals surface area contributed by atoms with Crippen molar-refractivity contribution in [3.05, 3.63) is 71.8 Å². The van der Waals surface area contributed by atoms with Gasteiger partial charge in [0.25, 0.3) is 0 Å². The molecule has 2 aromatic carbocycles. The van der Waals surface area contributed by atoms with E-state index in [9.17, 15) is 8.76 Å². The van der Waals surface area contributed by atoms with Crippen molar-refractivity contribution in [3.63, 3.8) is 0 Å². The maximum atomic E-state index is 11.7. The van der Waals surface area contributed by atoms with Crippen LogP contribution in [0, 0.1) is 0 Å². The highest BCUT2D eigenvalue weighted by Gasteiger charge is 2.36. The first-order valence-electron chi connectivity index (χ1n) is 5.10. The van der Waals surface area contributed by atoms with E-state index in [0.717, 1.165) is 0 Å². The normalized spacial score (nSPS) is 13.3. The van der Waals surface area contributed by atoms with E-state index in [1.54, 1.807) is 24.3 Å². The molecule has 0 aliphatic heterocycles. The number of rotatable bonds is 3. The summed E-state index contributed by atoms with van der Waals surface area (Å²) in [4.78, 5) is 0. The molecule has 0 saturated carbocycles. The first-order chi connectivity index (χ1) is 8.15. The zero-order chi connectivity index (χ0) is 12.3. The zero-order valence-corrected chi connectivity index (χ0v) is 10.7. The van der Waals surface area contributed by atoms with Crippen LogP contribution in [0.15, 0.2) is 60.7 Å². The Labute approximate surface area is 108 Å². The monoisotopic (exact) mass is 264 g/mol. The van der Waals surface area contributed by atoms with Crippen LogP contribution in [0.25, 0.3) is 0 Å². The van der Waals surface area contributed by atoms with Gasteiger partial charge >= 0.3 is 0 Å². The van der Waals surface area contributed by atoms with Gasteiger partial charge in [-0.25, -0.2) is 4.21 Å². The lowest BCUT2D eigenvalue weighted by Crippen LogP contribution is -2.26. The van der Waals surface area contributed by atoms with E-state index in [1.165, 1.54) is 0 Å². The van der Waals surface area contributed by atoms with E-state index in [2.05, 4.69) is 12.6 Å². The third kappa shape index (κ3) is 2.29. The Hall–Kier alpha value is -1.10. The lowest BCUT2D eigenvalue weighted by molar-refractivity contribution is 0.552. The summed E-state index contributed by atoms with van der Waals surface area (Å²) < 4.78 is 20.0. The Morgan fingerprint density at radius 3 is 1.53 bits per heavy atom. The lowest BCUT2D eigenvalue weighted by Gasteiger charge is -2.25. The largest absolute Gasteiger partial charge is 0.304 e. The summed E-state index contributed by atoms with van der Waals surface area (Å²) in [5.74, 6) is 0. The molecular weight excluding hydrogens is 252 g/mol. The van der Waals surface area contributed by atoms with Crippen molar-refractivity contribution in [3.8, 4) is 0 Å². The summed E-state index contributed by atoms with van der Waals surface area (Å²) >= 11 is 2.34. The van der Waals surface area contributed by atoms with Crippen LogP contribution < -0.4 is 0 Å². The Morgan fingerprint density at radius 1 is 0.882 bits per heavy atom. The van der Waals surface area contributed by atoms with E-state index >= 15 is 0 Å². The molecular formula is C13H12O2S2. The predicted molar refractivity (Wildman–Crippen MR) is 73.4 cm³/mol. The van der Waals surface area contributed by atoms with E-state index < -0.39 is 15.2 Å². The molecule has 1 atom stereocenters. The topological polar surface area (TPSA) is 37.3 Å². The molecule has 0 aliphatic rings. The molecule has 0 aliphatic carbocycles. The molecule has 0 spiro atoms. The molecule has 1 N–H and O–H groups in total. The SMILES string of the molecule is O=S(O)C(S)(c1ccccc1)c1ccccc1. The van der Waals surface area contributed by atoms with Crippen molar-refractivity contribution >= 4 is 23.7 Å². The summed E-state index contributed by atoms with van der Waals surface area (Å²) in [5, 5.41) is 0. The molecule has 88 valence electrons. The van der Waals surface area contributed by atoms with Gasteiger partial charge in [0, 0.05) is 0 Å². The lowest BCUT2D eigenvalue weighted by atomic mass is 10.0. The minimum atomic E-state index is -2.11. The zero-order valence-electron chi connectivity index (χ0n) is 8.98. The fourth-order valence-electron chi connectivity index (χ4n) is 1.70. The number of benzene rings is 2. The molecule has 0 saturated heterocycles. The van der Waals surface area contributed by atoms with Gasteiger partial charge in [-0.05, 0) is 11.1 Å². The van der Waals surface area contributed by atoms with Crippen molar-refractivity contribution in [2.45, 2.75) is 4.08 Å². The van der Waals surface area contributed by atoms with Crippen molar-refractivity contribution < 1.29 is 8.76 Å². The van der Waals surface area contributed by atoms with Gasteiger partial charge in [-0.15, -0.1) is 12.6 Å². The van der Waals surface area contributed by atoms with E-state index in [1.807, 2.05) is 36.4 Å². The number of hydrogen-bond acceptors (Lipinski definition) is 2. The second-order valence-corrected chi connectivity index (χ2v) is 5.71. The molecule has 4 heteroatoms. The Bertz CT molecular complexity index is 472. The first-order valence-corrected chi connectivity index (χ1v) is 6.65. The van der Waals surface area contributed by atoms with Crippen LogP contribution >= 0.6 is 12.6 Å². The minimum absolute atomic E-state index is 0.704. The minimum Gasteiger partial charge on any atom is -0.304 e. The summed E-state index contributed by atoms with van der Waals surface area (Å²) in [6.07, 6.45) is 0. The molecule has 2 nitrogen and oxygen atoms in total. The fraction of sp³-hybridized carbons (Fsp3) is 0.0769. The average molecular weight is 264 g/mol. The van der Waals surface area contributed by atoms with Gasteiger partial charge in [-0.3, -0.25) is 0 Å². The van der Waals surface area contributed by atoms with Gasteiger partial charge in [-0.1, -0.05) is 60.7 Å². The van der Waals surface area contributed by atoms with Crippen molar-refractivity contribution in [1.82, 2.24) is 0 Å². The van der Waals surface area contributed by atoms with Gasteiger partial charge < -0.3 is 4.55 Å². The molecule has 0 radical (unpaired) electrons. The van der Waals surface area contributed by atoms with Gasteiger partial charge in [0.1, 0.15) is 0 Å². The molecule has 0 amide bonds. The molecule has 2 aromatic rings. The average Bonchev–Trinajstić information content (AvgIpc) is 2.39. The van der Waals surface area contributed by atoms with E-state index in [4.69, 9.17) is 0 Å². The number of thiol groups is 1. The molecule has 0 aromatic heterocycles. The molecule has 0 heterocycles. The van der Waals surface area contributed by atoms with Gasteiger partial charge in [-0.2, -0.15) is 0 Å². The van der Waals surface area contributed by atoms with Crippen LogP contribution in [0.2, 0.25) is 0 Å². The summed E-state index contributed by atoms with van der Waals surface area (Å²) in [6.45, 7) is 0. The summed E-state index contributed by atoms with van der Waals surface area (Å²) in [7, 11) is 0.